The van der Waals surface area contributed by atoms with Crippen LogP contribution < -0.4 is 11.3 Å². The van der Waals surface area contributed by atoms with E-state index in [0.717, 1.165) is 24.4 Å². The topological polar surface area (TPSA) is 47.3 Å². The smallest absolute Gasteiger partial charge is 0.0639 e. The molecule has 0 aromatic heterocycles. The summed E-state index contributed by atoms with van der Waals surface area (Å²) in [4.78, 5) is 0. The molecule has 0 saturated heterocycles. The number of nitrogens with one attached hydrogen (secondary N) is 1. The molecule has 2 fully saturated rings. The van der Waals surface area contributed by atoms with Gasteiger partial charge >= 0.3 is 0 Å². The molecule has 2 saturated carbocycles. The highest BCUT2D eigenvalue weighted by Gasteiger charge is 2.55. The molecule has 3 nitrogen and oxygen atoms in total. The standard InChI is InChI=1S/C11H22N2O/c1-7(2)14-6-10(13-12)11-8-4-3-5-9(8)11/h7-11,13H,3-6,12H2,1-2H3. The molecule has 2 aliphatic carbocycles. The lowest BCUT2D eigenvalue weighted by atomic mass is 10.1. The first-order chi connectivity index (χ1) is 6.74. The fraction of sp³-hybridized carbons (Fsp3) is 1.00. The van der Waals surface area contributed by atoms with E-state index in [1.54, 1.807) is 0 Å². The Morgan fingerprint density at radius 3 is 2.50 bits per heavy atom. The van der Waals surface area contributed by atoms with Crippen LogP contribution in [-0.4, -0.2) is 18.8 Å². The number of ether oxygens (including phenoxy) is 1. The molecule has 0 spiro atoms. The van der Waals surface area contributed by atoms with Gasteiger partial charge in [-0.25, -0.2) is 0 Å². The van der Waals surface area contributed by atoms with Crippen LogP contribution in [0, 0.1) is 17.8 Å². The van der Waals surface area contributed by atoms with Gasteiger partial charge in [0.05, 0.1) is 12.7 Å². The highest BCUT2D eigenvalue weighted by Crippen LogP contribution is 2.58. The molecule has 2 aliphatic rings. The van der Waals surface area contributed by atoms with Gasteiger partial charge in [0.15, 0.2) is 0 Å². The van der Waals surface area contributed by atoms with Crippen molar-refractivity contribution in [2.75, 3.05) is 6.61 Å². The minimum atomic E-state index is 0.310. The molecule has 0 amide bonds. The minimum Gasteiger partial charge on any atom is -0.377 e. The number of hydrogen-bond donors (Lipinski definition) is 2. The summed E-state index contributed by atoms with van der Waals surface area (Å²) < 4.78 is 5.62. The monoisotopic (exact) mass is 198 g/mol. The zero-order valence-corrected chi connectivity index (χ0v) is 9.20. The first-order valence-corrected chi connectivity index (χ1v) is 5.81. The molecule has 3 unspecified atom stereocenters. The Labute approximate surface area is 86.4 Å². The van der Waals surface area contributed by atoms with Crippen LogP contribution in [0.1, 0.15) is 33.1 Å². The molecule has 14 heavy (non-hydrogen) atoms. The SMILES string of the molecule is CC(C)OCC(NN)C1C2CCCC21. The lowest BCUT2D eigenvalue weighted by molar-refractivity contribution is 0.0541. The number of hydrogen-bond acceptors (Lipinski definition) is 3. The fourth-order valence-electron chi connectivity index (χ4n) is 3.04. The van der Waals surface area contributed by atoms with Gasteiger partial charge < -0.3 is 4.74 Å². The fourth-order valence-corrected chi connectivity index (χ4v) is 3.04. The molecule has 0 aromatic carbocycles. The zero-order valence-electron chi connectivity index (χ0n) is 9.20. The van der Waals surface area contributed by atoms with E-state index in [9.17, 15) is 0 Å². The van der Waals surface area contributed by atoms with Crippen LogP contribution >= 0.6 is 0 Å². The van der Waals surface area contributed by atoms with E-state index in [1.165, 1.54) is 19.3 Å². The summed E-state index contributed by atoms with van der Waals surface area (Å²) in [6.07, 6.45) is 4.56. The molecule has 0 bridgehead atoms. The van der Waals surface area contributed by atoms with Gasteiger partial charge in [0.25, 0.3) is 0 Å². The Bertz CT molecular complexity index is 186. The third-order valence-electron chi connectivity index (χ3n) is 3.76. The Morgan fingerprint density at radius 2 is 2.00 bits per heavy atom. The average molecular weight is 198 g/mol. The van der Waals surface area contributed by atoms with E-state index >= 15 is 0 Å². The van der Waals surface area contributed by atoms with Crippen molar-refractivity contribution in [1.82, 2.24) is 5.43 Å². The minimum absolute atomic E-state index is 0.310. The van der Waals surface area contributed by atoms with Gasteiger partial charge in [-0.2, -0.15) is 0 Å². The van der Waals surface area contributed by atoms with Crippen molar-refractivity contribution in [1.29, 1.82) is 0 Å². The summed E-state index contributed by atoms with van der Waals surface area (Å²) in [6.45, 7) is 4.91. The molecule has 3 N–H and O–H groups in total. The van der Waals surface area contributed by atoms with E-state index < -0.39 is 0 Å². The normalized spacial score (nSPS) is 37.3. The Hall–Kier alpha value is -0.120. The van der Waals surface area contributed by atoms with Crippen LogP contribution in [0.3, 0.4) is 0 Å². The second kappa shape index (κ2) is 4.17. The number of fused-ring (bicyclic) bond motifs is 1. The Morgan fingerprint density at radius 1 is 1.36 bits per heavy atom. The molecular weight excluding hydrogens is 176 g/mol. The van der Waals surface area contributed by atoms with E-state index in [2.05, 4.69) is 19.3 Å². The number of rotatable bonds is 5. The quantitative estimate of drug-likeness (QED) is 0.517. The summed E-state index contributed by atoms with van der Waals surface area (Å²) >= 11 is 0. The van der Waals surface area contributed by atoms with Crippen molar-refractivity contribution in [3.63, 3.8) is 0 Å². The van der Waals surface area contributed by atoms with Crippen LogP contribution in [0.2, 0.25) is 0 Å². The summed E-state index contributed by atoms with van der Waals surface area (Å²) in [6, 6.07) is 0.382. The first-order valence-electron chi connectivity index (χ1n) is 5.81. The van der Waals surface area contributed by atoms with Gasteiger partial charge in [-0.1, -0.05) is 6.42 Å². The lowest BCUT2D eigenvalue weighted by Gasteiger charge is -2.19. The molecule has 82 valence electrons. The summed E-state index contributed by atoms with van der Waals surface area (Å²) in [5.41, 5.74) is 2.92. The Kier molecular flexibility index (Phi) is 3.10. The number of nitrogens with two attached hydrogens (primary N) is 1. The van der Waals surface area contributed by atoms with Crippen LogP contribution in [0.15, 0.2) is 0 Å². The van der Waals surface area contributed by atoms with Crippen molar-refractivity contribution in [3.8, 4) is 0 Å². The van der Waals surface area contributed by atoms with E-state index in [-0.39, 0.29) is 0 Å². The molecule has 0 aliphatic heterocycles. The molecule has 0 radical (unpaired) electrons. The van der Waals surface area contributed by atoms with Crippen molar-refractivity contribution < 1.29 is 4.74 Å². The molecular formula is C11H22N2O. The van der Waals surface area contributed by atoms with Gasteiger partial charge in [0, 0.05) is 6.04 Å². The van der Waals surface area contributed by atoms with Crippen LogP contribution in [0.5, 0.6) is 0 Å². The highest BCUT2D eigenvalue weighted by atomic mass is 16.5. The Balaban J connectivity index is 1.77. The average Bonchev–Trinajstić information content (AvgIpc) is 2.63. The molecule has 0 heterocycles. The first kappa shape index (κ1) is 10.4. The lowest BCUT2D eigenvalue weighted by Crippen LogP contribution is -2.42. The third-order valence-corrected chi connectivity index (χ3v) is 3.76. The molecule has 3 atom stereocenters. The summed E-state index contributed by atoms with van der Waals surface area (Å²) in [7, 11) is 0. The highest BCUT2D eigenvalue weighted by molar-refractivity contribution is 5.05. The maximum atomic E-state index is 5.62. The van der Waals surface area contributed by atoms with Crippen molar-refractivity contribution >= 4 is 0 Å². The van der Waals surface area contributed by atoms with E-state index in [0.29, 0.717) is 12.1 Å². The van der Waals surface area contributed by atoms with Gasteiger partial charge in [-0.05, 0) is 44.4 Å². The maximum Gasteiger partial charge on any atom is 0.0639 e. The van der Waals surface area contributed by atoms with Gasteiger partial charge in [0.2, 0.25) is 0 Å². The second-order valence-corrected chi connectivity index (χ2v) is 4.99. The molecule has 3 heteroatoms. The van der Waals surface area contributed by atoms with Gasteiger partial charge in [-0.15, -0.1) is 0 Å². The third kappa shape index (κ3) is 1.95. The van der Waals surface area contributed by atoms with Crippen LogP contribution in [0.25, 0.3) is 0 Å². The van der Waals surface area contributed by atoms with Crippen LogP contribution in [-0.2, 0) is 4.74 Å². The van der Waals surface area contributed by atoms with E-state index in [4.69, 9.17) is 10.6 Å². The number of hydrazine groups is 1. The van der Waals surface area contributed by atoms with E-state index in [1.807, 2.05) is 0 Å². The van der Waals surface area contributed by atoms with Crippen LogP contribution in [0.4, 0.5) is 0 Å². The second-order valence-electron chi connectivity index (χ2n) is 4.99. The zero-order chi connectivity index (χ0) is 10.1. The summed E-state index contributed by atoms with van der Waals surface area (Å²) in [5, 5.41) is 0. The van der Waals surface area contributed by atoms with Gasteiger partial charge in [-0.3, -0.25) is 11.3 Å². The predicted octanol–water partition coefficient (Wildman–Crippen LogP) is 1.29. The maximum absolute atomic E-state index is 5.62. The van der Waals surface area contributed by atoms with Crippen molar-refractivity contribution in [2.24, 2.45) is 23.6 Å². The van der Waals surface area contributed by atoms with Crippen molar-refractivity contribution in [3.05, 3.63) is 0 Å². The van der Waals surface area contributed by atoms with Crippen molar-refractivity contribution in [2.45, 2.75) is 45.3 Å². The summed E-state index contributed by atoms with van der Waals surface area (Å²) in [5.74, 6) is 8.27. The van der Waals surface area contributed by atoms with Gasteiger partial charge in [0.1, 0.15) is 0 Å². The largest absolute Gasteiger partial charge is 0.377 e. The molecule has 2 rings (SSSR count). The molecule has 0 aromatic rings. The predicted molar refractivity (Wildman–Crippen MR) is 56.5 cm³/mol.